The lowest BCUT2D eigenvalue weighted by Gasteiger charge is -2.32. The van der Waals surface area contributed by atoms with Gasteiger partial charge in [0.2, 0.25) is 10.0 Å². The fraction of sp³-hybridized carbons (Fsp3) is 0.529. The number of hydrogen-bond donors (Lipinski definition) is 2. The van der Waals surface area contributed by atoms with E-state index in [1.54, 1.807) is 0 Å². The summed E-state index contributed by atoms with van der Waals surface area (Å²) < 4.78 is 32.0. The molecule has 1 aromatic rings. The van der Waals surface area contributed by atoms with E-state index in [9.17, 15) is 18.0 Å². The van der Waals surface area contributed by atoms with E-state index >= 15 is 0 Å². The summed E-state index contributed by atoms with van der Waals surface area (Å²) in [7, 11) is -2.45. The van der Waals surface area contributed by atoms with Gasteiger partial charge in [-0.25, -0.2) is 13.2 Å². The number of nitrogens with zero attached hydrogens (tertiary/aromatic N) is 1. The average molecular weight is 384 g/mol. The Morgan fingerprint density at radius 3 is 2.73 bits per heavy atom. The number of carboxylic acid groups (broad SMARTS) is 1. The molecule has 2 N–H and O–H groups in total. The highest BCUT2D eigenvalue weighted by Gasteiger charge is 2.31. The molecule has 8 nitrogen and oxygen atoms in total. The first kappa shape index (κ1) is 20.3. The first-order valence-electron chi connectivity index (χ1n) is 8.43. The molecule has 1 aliphatic heterocycles. The zero-order valence-electron chi connectivity index (χ0n) is 14.8. The number of piperidine rings is 1. The molecule has 2 unspecified atom stereocenters. The zero-order chi connectivity index (χ0) is 19.3. The number of amides is 1. The molecule has 2 rings (SSSR count). The fourth-order valence-corrected chi connectivity index (χ4v) is 4.67. The van der Waals surface area contributed by atoms with Crippen molar-refractivity contribution in [3.8, 4) is 0 Å². The van der Waals surface area contributed by atoms with Crippen molar-refractivity contribution in [1.29, 1.82) is 0 Å². The quantitative estimate of drug-likeness (QED) is 0.727. The molecule has 0 spiro atoms. The van der Waals surface area contributed by atoms with Crippen LogP contribution in [0.3, 0.4) is 0 Å². The molecule has 0 saturated carbocycles. The van der Waals surface area contributed by atoms with Crippen LogP contribution in [-0.2, 0) is 19.6 Å². The number of benzene rings is 1. The Hall–Kier alpha value is -1.97. The zero-order valence-corrected chi connectivity index (χ0v) is 15.7. The van der Waals surface area contributed by atoms with Gasteiger partial charge >= 0.3 is 5.97 Å². The van der Waals surface area contributed by atoms with E-state index in [2.05, 4.69) is 5.32 Å². The minimum atomic E-state index is -3.68. The predicted molar refractivity (Wildman–Crippen MR) is 94.4 cm³/mol. The summed E-state index contributed by atoms with van der Waals surface area (Å²) in [6.45, 7) is 2.13. The molecular formula is C17H24N2O6S. The fourth-order valence-electron chi connectivity index (χ4n) is 2.92. The molecule has 1 fully saturated rings. The number of methoxy groups -OCH3 is 1. The Bertz CT molecular complexity index is 764. The molecule has 0 radical (unpaired) electrons. The first-order chi connectivity index (χ1) is 12.3. The molecular weight excluding hydrogens is 360 g/mol. The summed E-state index contributed by atoms with van der Waals surface area (Å²) in [4.78, 5) is 23.2. The van der Waals surface area contributed by atoms with E-state index in [4.69, 9.17) is 9.84 Å². The highest BCUT2D eigenvalue weighted by molar-refractivity contribution is 7.89. The first-order valence-corrected chi connectivity index (χ1v) is 9.87. The number of hydrogen-bond acceptors (Lipinski definition) is 5. The van der Waals surface area contributed by atoms with Crippen LogP contribution in [0.4, 0.5) is 0 Å². The monoisotopic (exact) mass is 384 g/mol. The Kier molecular flexibility index (Phi) is 6.74. The second kappa shape index (κ2) is 8.61. The second-order valence-corrected chi connectivity index (χ2v) is 8.15. The molecule has 1 saturated heterocycles. The summed E-state index contributed by atoms with van der Waals surface area (Å²) in [5, 5.41) is 11.4. The molecule has 1 heterocycles. The molecule has 2 atom stereocenters. The van der Waals surface area contributed by atoms with Crippen molar-refractivity contribution < 1.29 is 27.9 Å². The maximum Gasteiger partial charge on any atom is 0.334 e. The van der Waals surface area contributed by atoms with Crippen molar-refractivity contribution in [2.24, 2.45) is 0 Å². The van der Waals surface area contributed by atoms with Gasteiger partial charge in [-0.1, -0.05) is 12.5 Å². The summed E-state index contributed by atoms with van der Waals surface area (Å²) in [6, 6.07) is 5.68. The van der Waals surface area contributed by atoms with Crippen molar-refractivity contribution in [3.05, 3.63) is 29.8 Å². The smallest absolute Gasteiger partial charge is 0.334 e. The van der Waals surface area contributed by atoms with Gasteiger partial charge in [0, 0.05) is 25.3 Å². The lowest BCUT2D eigenvalue weighted by Crippen LogP contribution is -2.42. The topological polar surface area (TPSA) is 113 Å². The van der Waals surface area contributed by atoms with Gasteiger partial charge in [-0.3, -0.25) is 4.79 Å². The van der Waals surface area contributed by atoms with Gasteiger partial charge in [0.1, 0.15) is 0 Å². The maximum atomic E-state index is 12.9. The third-order valence-corrected chi connectivity index (χ3v) is 6.46. The van der Waals surface area contributed by atoms with E-state index in [1.165, 1.54) is 35.7 Å². The third kappa shape index (κ3) is 4.60. The Morgan fingerprint density at radius 1 is 1.38 bits per heavy atom. The van der Waals surface area contributed by atoms with E-state index in [0.717, 1.165) is 19.3 Å². The van der Waals surface area contributed by atoms with Crippen LogP contribution in [0.1, 0.15) is 36.5 Å². The van der Waals surface area contributed by atoms with Gasteiger partial charge in [0.15, 0.2) is 6.10 Å². The summed E-state index contributed by atoms with van der Waals surface area (Å²) >= 11 is 0. The van der Waals surface area contributed by atoms with Crippen LogP contribution in [-0.4, -0.2) is 62.1 Å². The molecule has 1 amide bonds. The lowest BCUT2D eigenvalue weighted by atomic mass is 10.1. The number of sulfonamides is 1. The van der Waals surface area contributed by atoms with Crippen LogP contribution in [0, 0.1) is 0 Å². The van der Waals surface area contributed by atoms with Gasteiger partial charge in [-0.15, -0.1) is 0 Å². The van der Waals surface area contributed by atoms with Gasteiger partial charge in [-0.05, 0) is 38.0 Å². The number of rotatable bonds is 7. The van der Waals surface area contributed by atoms with Gasteiger partial charge < -0.3 is 15.2 Å². The van der Waals surface area contributed by atoms with Crippen LogP contribution in [0.25, 0.3) is 0 Å². The molecule has 26 heavy (non-hydrogen) atoms. The second-order valence-electron chi connectivity index (χ2n) is 6.26. The van der Waals surface area contributed by atoms with Crippen molar-refractivity contribution >= 4 is 21.9 Å². The number of nitrogens with one attached hydrogen (secondary N) is 1. The van der Waals surface area contributed by atoms with E-state index in [1.807, 2.05) is 6.92 Å². The van der Waals surface area contributed by atoms with E-state index in [-0.39, 0.29) is 23.0 Å². The molecule has 1 aliphatic rings. The highest BCUT2D eigenvalue weighted by atomic mass is 32.2. The number of carboxylic acids is 1. The molecule has 144 valence electrons. The molecule has 0 bridgehead atoms. The standard InChI is InChI=1S/C17H24N2O6S/c1-12-6-3-4-9-19(12)26(23,24)14-8-5-7-13(10-14)16(20)18-11-15(25-2)17(21)22/h5,7-8,10,12,15H,3-4,6,9,11H2,1-2H3,(H,18,20)(H,21,22). The SMILES string of the molecule is COC(CNC(=O)c1cccc(S(=O)(=O)N2CCCCC2C)c1)C(=O)O. The van der Waals surface area contributed by atoms with E-state index < -0.39 is 28.0 Å². The summed E-state index contributed by atoms with van der Waals surface area (Å²) in [6.07, 6.45) is 1.46. The van der Waals surface area contributed by atoms with Gasteiger partial charge in [0.25, 0.3) is 5.91 Å². The highest BCUT2D eigenvalue weighted by Crippen LogP contribution is 2.25. The minimum Gasteiger partial charge on any atom is -0.479 e. The number of ether oxygens (including phenoxy) is 1. The van der Waals surface area contributed by atoms with Crippen LogP contribution < -0.4 is 5.32 Å². The normalized spacial score (nSPS) is 19.7. The van der Waals surface area contributed by atoms with Crippen LogP contribution >= 0.6 is 0 Å². The van der Waals surface area contributed by atoms with Crippen LogP contribution in [0.2, 0.25) is 0 Å². The minimum absolute atomic E-state index is 0.0560. The molecule has 1 aromatic carbocycles. The van der Waals surface area contributed by atoms with Crippen molar-refractivity contribution in [2.75, 3.05) is 20.2 Å². The van der Waals surface area contributed by atoms with Crippen LogP contribution in [0.5, 0.6) is 0 Å². The average Bonchev–Trinajstić information content (AvgIpc) is 2.62. The number of aliphatic carboxylic acids is 1. The summed E-state index contributed by atoms with van der Waals surface area (Å²) in [5.41, 5.74) is 0.149. The molecule has 0 aliphatic carbocycles. The van der Waals surface area contributed by atoms with Crippen molar-refractivity contribution in [3.63, 3.8) is 0 Å². The Morgan fingerprint density at radius 2 is 2.12 bits per heavy atom. The number of carbonyl (C=O) groups excluding carboxylic acids is 1. The molecule has 0 aromatic heterocycles. The van der Waals surface area contributed by atoms with Crippen LogP contribution in [0.15, 0.2) is 29.2 Å². The van der Waals surface area contributed by atoms with Crippen molar-refractivity contribution in [2.45, 2.75) is 43.2 Å². The summed E-state index contributed by atoms with van der Waals surface area (Å²) in [5.74, 6) is -1.75. The molecule has 9 heteroatoms. The Balaban J connectivity index is 2.16. The lowest BCUT2D eigenvalue weighted by molar-refractivity contribution is -0.148. The van der Waals surface area contributed by atoms with Crippen molar-refractivity contribution in [1.82, 2.24) is 9.62 Å². The van der Waals surface area contributed by atoms with Gasteiger partial charge in [-0.2, -0.15) is 4.31 Å². The Labute approximate surface area is 153 Å². The number of carbonyl (C=O) groups is 2. The predicted octanol–water partition coefficient (Wildman–Crippen LogP) is 1.08. The maximum absolute atomic E-state index is 12.9. The van der Waals surface area contributed by atoms with Gasteiger partial charge in [0.05, 0.1) is 11.4 Å². The van der Waals surface area contributed by atoms with E-state index in [0.29, 0.717) is 6.54 Å². The third-order valence-electron chi connectivity index (χ3n) is 4.45. The largest absolute Gasteiger partial charge is 0.479 e.